The second-order valence-electron chi connectivity index (χ2n) is 6.79. The van der Waals surface area contributed by atoms with Gasteiger partial charge in [-0.3, -0.25) is 14.4 Å². The van der Waals surface area contributed by atoms with Crippen molar-refractivity contribution in [1.29, 1.82) is 0 Å². The number of aliphatic hydroxyl groups is 2. The van der Waals surface area contributed by atoms with E-state index in [9.17, 15) is 24.6 Å². The van der Waals surface area contributed by atoms with Gasteiger partial charge in [-0.15, -0.1) is 0 Å². The molecule has 27 heavy (non-hydrogen) atoms. The Kier molecular flexibility index (Phi) is 6.89. The number of hydrogen-bond donors (Lipinski definition) is 4. The lowest BCUT2D eigenvalue weighted by molar-refractivity contribution is -0.165. The highest BCUT2D eigenvalue weighted by molar-refractivity contribution is 5.91. The van der Waals surface area contributed by atoms with Gasteiger partial charge in [-0.1, -0.05) is 30.3 Å². The Labute approximate surface area is 157 Å². The summed E-state index contributed by atoms with van der Waals surface area (Å²) in [5.74, 6) is -2.46. The summed E-state index contributed by atoms with van der Waals surface area (Å²) in [5, 5.41) is 22.9. The third-order valence-electron chi connectivity index (χ3n) is 4.52. The lowest BCUT2D eigenvalue weighted by Crippen LogP contribution is -2.64. The molecule has 1 saturated heterocycles. The van der Waals surface area contributed by atoms with E-state index in [1.807, 2.05) is 11.9 Å². The van der Waals surface area contributed by atoms with Crippen molar-refractivity contribution in [1.82, 2.24) is 15.1 Å². The molecule has 0 aliphatic carbocycles. The highest BCUT2D eigenvalue weighted by atomic mass is 16.3. The largest absolute Gasteiger partial charge is 0.383 e. The minimum atomic E-state index is -2.42. The zero-order valence-corrected chi connectivity index (χ0v) is 15.3. The van der Waals surface area contributed by atoms with Gasteiger partial charge in [-0.2, -0.15) is 0 Å². The van der Waals surface area contributed by atoms with Gasteiger partial charge in [0.05, 0.1) is 6.42 Å². The number of aliphatic hydroxyl groups excluding tert-OH is 1. The Morgan fingerprint density at radius 1 is 1.19 bits per heavy atom. The SMILES string of the molecule is CN1CCN(C(=O)[C@](O)(CC(O)C(N)=O)NC(=O)Cc2ccccc2)CC1. The van der Waals surface area contributed by atoms with Gasteiger partial charge in [0.15, 0.2) is 0 Å². The predicted molar refractivity (Wildman–Crippen MR) is 97.1 cm³/mol. The summed E-state index contributed by atoms with van der Waals surface area (Å²) >= 11 is 0. The van der Waals surface area contributed by atoms with Crippen LogP contribution in [0.5, 0.6) is 0 Å². The fourth-order valence-corrected chi connectivity index (χ4v) is 2.90. The number of hydrogen-bond acceptors (Lipinski definition) is 6. The van der Waals surface area contributed by atoms with Crippen LogP contribution in [0.3, 0.4) is 0 Å². The fourth-order valence-electron chi connectivity index (χ4n) is 2.90. The summed E-state index contributed by atoms with van der Waals surface area (Å²) in [7, 11) is 1.91. The third kappa shape index (κ3) is 5.75. The molecule has 0 bridgehead atoms. The molecule has 2 atom stereocenters. The van der Waals surface area contributed by atoms with Crippen molar-refractivity contribution in [2.75, 3.05) is 33.2 Å². The lowest BCUT2D eigenvalue weighted by Gasteiger charge is -2.38. The van der Waals surface area contributed by atoms with E-state index in [0.717, 1.165) is 0 Å². The number of likely N-dealkylation sites (N-methyl/N-ethyl adjacent to an activating group) is 1. The topological polar surface area (TPSA) is 136 Å². The van der Waals surface area contributed by atoms with E-state index in [0.29, 0.717) is 31.7 Å². The van der Waals surface area contributed by atoms with Gasteiger partial charge >= 0.3 is 0 Å². The third-order valence-corrected chi connectivity index (χ3v) is 4.52. The quantitative estimate of drug-likeness (QED) is 0.407. The molecule has 1 heterocycles. The normalized spacial score (nSPS) is 18.4. The monoisotopic (exact) mass is 378 g/mol. The Morgan fingerprint density at radius 2 is 1.78 bits per heavy atom. The van der Waals surface area contributed by atoms with Crippen molar-refractivity contribution >= 4 is 17.7 Å². The molecule has 1 aromatic carbocycles. The minimum absolute atomic E-state index is 0.0637. The van der Waals surface area contributed by atoms with Gasteiger partial charge in [0.25, 0.3) is 5.91 Å². The molecule has 5 N–H and O–H groups in total. The van der Waals surface area contributed by atoms with Crippen molar-refractivity contribution in [3.05, 3.63) is 35.9 Å². The number of rotatable bonds is 7. The number of primary amides is 1. The second-order valence-corrected chi connectivity index (χ2v) is 6.79. The molecule has 1 aromatic rings. The van der Waals surface area contributed by atoms with Crippen LogP contribution in [0, 0.1) is 0 Å². The Balaban J connectivity index is 2.14. The first-order valence-electron chi connectivity index (χ1n) is 8.74. The molecule has 1 fully saturated rings. The summed E-state index contributed by atoms with van der Waals surface area (Å²) in [6, 6.07) is 8.80. The highest BCUT2D eigenvalue weighted by Crippen LogP contribution is 2.16. The number of carbonyl (C=O) groups excluding carboxylic acids is 3. The molecular formula is C18H26N4O5. The molecule has 0 radical (unpaired) electrons. The number of nitrogens with zero attached hydrogens (tertiary/aromatic N) is 2. The number of benzene rings is 1. The summed E-state index contributed by atoms with van der Waals surface area (Å²) in [6.07, 6.45) is -2.55. The summed E-state index contributed by atoms with van der Waals surface area (Å²) in [4.78, 5) is 39.9. The molecule has 1 unspecified atom stereocenters. The van der Waals surface area contributed by atoms with Crippen LogP contribution in [0.4, 0.5) is 0 Å². The molecule has 1 aliphatic rings. The van der Waals surface area contributed by atoms with Crippen molar-refractivity contribution in [2.24, 2.45) is 5.73 Å². The van der Waals surface area contributed by atoms with Crippen LogP contribution in [0.1, 0.15) is 12.0 Å². The van der Waals surface area contributed by atoms with Crippen LogP contribution < -0.4 is 11.1 Å². The van der Waals surface area contributed by atoms with E-state index in [1.165, 1.54) is 4.90 Å². The Bertz CT molecular complexity index is 676. The molecule has 0 spiro atoms. The van der Waals surface area contributed by atoms with Crippen molar-refractivity contribution in [3.8, 4) is 0 Å². The first-order chi connectivity index (χ1) is 12.7. The van der Waals surface area contributed by atoms with Crippen molar-refractivity contribution in [2.45, 2.75) is 24.7 Å². The average Bonchev–Trinajstić information content (AvgIpc) is 2.62. The van der Waals surface area contributed by atoms with Crippen LogP contribution in [-0.4, -0.2) is 82.8 Å². The number of carbonyl (C=O) groups is 3. The molecule has 3 amide bonds. The van der Waals surface area contributed by atoms with Crippen LogP contribution in [0.25, 0.3) is 0 Å². The molecule has 9 heteroatoms. The van der Waals surface area contributed by atoms with E-state index in [2.05, 4.69) is 5.32 Å². The molecular weight excluding hydrogens is 352 g/mol. The van der Waals surface area contributed by atoms with E-state index in [-0.39, 0.29) is 6.42 Å². The maximum Gasteiger partial charge on any atom is 0.275 e. The van der Waals surface area contributed by atoms with Gasteiger partial charge in [-0.25, -0.2) is 0 Å². The van der Waals surface area contributed by atoms with Crippen LogP contribution in [-0.2, 0) is 20.8 Å². The molecule has 9 nitrogen and oxygen atoms in total. The molecule has 0 saturated carbocycles. The molecule has 1 aliphatic heterocycles. The molecule has 0 aromatic heterocycles. The zero-order chi connectivity index (χ0) is 20.0. The predicted octanol–water partition coefficient (Wildman–Crippen LogP) is -1.96. The van der Waals surface area contributed by atoms with E-state index in [1.54, 1.807) is 30.3 Å². The number of piperazine rings is 1. The number of amides is 3. The first-order valence-corrected chi connectivity index (χ1v) is 8.74. The van der Waals surface area contributed by atoms with Gasteiger partial charge in [0, 0.05) is 32.6 Å². The standard InChI is InChI=1S/C18H26N4O5/c1-21-7-9-22(10-8-21)17(26)18(27,12-14(23)16(19)25)20-15(24)11-13-5-3-2-4-6-13/h2-6,14,23,27H,7-12H2,1H3,(H2,19,25)(H,20,24)/t14?,18-/m1/s1. The lowest BCUT2D eigenvalue weighted by atomic mass is 10.0. The van der Waals surface area contributed by atoms with Crippen LogP contribution >= 0.6 is 0 Å². The molecule has 148 valence electrons. The van der Waals surface area contributed by atoms with Crippen LogP contribution in [0.15, 0.2) is 30.3 Å². The van der Waals surface area contributed by atoms with Gasteiger partial charge in [0.1, 0.15) is 6.10 Å². The van der Waals surface area contributed by atoms with Gasteiger partial charge < -0.3 is 31.1 Å². The van der Waals surface area contributed by atoms with Crippen molar-refractivity contribution in [3.63, 3.8) is 0 Å². The van der Waals surface area contributed by atoms with Gasteiger partial charge in [-0.05, 0) is 12.6 Å². The number of nitrogens with two attached hydrogens (primary N) is 1. The summed E-state index contributed by atoms with van der Waals surface area (Å²) < 4.78 is 0. The highest BCUT2D eigenvalue weighted by Gasteiger charge is 2.44. The first kappa shape index (κ1) is 20.8. The minimum Gasteiger partial charge on any atom is -0.383 e. The van der Waals surface area contributed by atoms with E-state index >= 15 is 0 Å². The second kappa shape index (κ2) is 8.94. The Hall–Kier alpha value is -2.49. The summed E-state index contributed by atoms with van der Waals surface area (Å²) in [6.45, 7) is 1.94. The van der Waals surface area contributed by atoms with Crippen LogP contribution in [0.2, 0.25) is 0 Å². The van der Waals surface area contributed by atoms with E-state index in [4.69, 9.17) is 5.73 Å². The average molecular weight is 378 g/mol. The number of nitrogens with one attached hydrogen (secondary N) is 1. The van der Waals surface area contributed by atoms with Gasteiger partial charge in [0.2, 0.25) is 17.5 Å². The zero-order valence-electron chi connectivity index (χ0n) is 15.3. The Morgan fingerprint density at radius 3 is 2.33 bits per heavy atom. The van der Waals surface area contributed by atoms with Crippen molar-refractivity contribution < 1.29 is 24.6 Å². The van der Waals surface area contributed by atoms with E-state index < -0.39 is 36.0 Å². The fraction of sp³-hybridized carbons (Fsp3) is 0.500. The maximum atomic E-state index is 12.9. The summed E-state index contributed by atoms with van der Waals surface area (Å²) in [5.41, 5.74) is 3.32. The smallest absolute Gasteiger partial charge is 0.275 e. The maximum absolute atomic E-state index is 12.9. The molecule has 2 rings (SSSR count).